The van der Waals surface area contributed by atoms with E-state index in [9.17, 15) is 9.59 Å². The van der Waals surface area contributed by atoms with E-state index in [2.05, 4.69) is 0 Å². The molecule has 0 N–H and O–H groups in total. The smallest absolute Gasteiger partial charge is 0.265 e. The molecule has 5 heteroatoms. The number of rotatable bonds is 6. The van der Waals surface area contributed by atoms with Gasteiger partial charge in [0.25, 0.3) is 11.8 Å². The van der Waals surface area contributed by atoms with Crippen LogP contribution in [0.4, 0.5) is 0 Å². The number of benzene rings is 2. The van der Waals surface area contributed by atoms with E-state index in [0.717, 1.165) is 23.3 Å². The second-order valence-electron chi connectivity index (χ2n) is 6.02. The minimum absolute atomic E-state index is 0.232. The zero-order valence-corrected chi connectivity index (χ0v) is 14.7. The van der Waals surface area contributed by atoms with Gasteiger partial charge in [0.1, 0.15) is 11.5 Å². The van der Waals surface area contributed by atoms with E-state index < -0.39 is 0 Å². The van der Waals surface area contributed by atoms with Gasteiger partial charge in [-0.25, -0.2) is 0 Å². The number of amides is 2. The molecule has 0 radical (unpaired) electrons. The van der Waals surface area contributed by atoms with Crippen LogP contribution in [0.2, 0.25) is 0 Å². The van der Waals surface area contributed by atoms with Crippen LogP contribution in [0, 0.1) is 6.92 Å². The van der Waals surface area contributed by atoms with Crippen LogP contribution in [0.5, 0.6) is 11.5 Å². The standard InChI is InChI=1S/C20H21NO4/c1-4-10-25-17-7-5-6-16-18(17)20(23)21(19(16)22)12-14-8-9-15(24-3)11-13(14)2/h5-9,11H,4,10,12H2,1-3H3. The molecular formula is C20H21NO4. The number of methoxy groups -OCH3 is 1. The Labute approximate surface area is 147 Å². The SMILES string of the molecule is CCCOc1cccc2c1C(=O)N(Cc1ccc(OC)cc1C)C2=O. The first-order valence-corrected chi connectivity index (χ1v) is 8.32. The van der Waals surface area contributed by atoms with Gasteiger partial charge in [0.15, 0.2) is 0 Å². The topological polar surface area (TPSA) is 55.8 Å². The lowest BCUT2D eigenvalue weighted by Crippen LogP contribution is -2.29. The summed E-state index contributed by atoms with van der Waals surface area (Å²) in [7, 11) is 1.61. The van der Waals surface area contributed by atoms with Gasteiger partial charge in [0.2, 0.25) is 0 Å². The molecule has 1 aliphatic rings. The Morgan fingerprint density at radius 1 is 1.08 bits per heavy atom. The number of nitrogens with zero attached hydrogens (tertiary/aromatic N) is 1. The Kier molecular flexibility index (Phi) is 4.74. The van der Waals surface area contributed by atoms with Crippen molar-refractivity contribution in [1.29, 1.82) is 0 Å². The molecule has 130 valence electrons. The lowest BCUT2D eigenvalue weighted by Gasteiger charge is -2.16. The highest BCUT2D eigenvalue weighted by Gasteiger charge is 2.38. The summed E-state index contributed by atoms with van der Waals surface area (Å²) in [4.78, 5) is 26.8. The van der Waals surface area contributed by atoms with Gasteiger partial charge in [-0.2, -0.15) is 0 Å². The zero-order chi connectivity index (χ0) is 18.0. The fraction of sp³-hybridized carbons (Fsp3) is 0.300. The molecule has 1 aliphatic heterocycles. The summed E-state index contributed by atoms with van der Waals surface area (Å²) in [5, 5.41) is 0. The van der Waals surface area contributed by atoms with E-state index >= 15 is 0 Å². The van der Waals surface area contributed by atoms with Crippen molar-refractivity contribution in [3.8, 4) is 11.5 Å². The highest BCUT2D eigenvalue weighted by Crippen LogP contribution is 2.32. The van der Waals surface area contributed by atoms with Crippen LogP contribution in [0.1, 0.15) is 45.2 Å². The Morgan fingerprint density at radius 3 is 2.56 bits per heavy atom. The molecule has 2 aromatic rings. The Bertz CT molecular complexity index is 828. The largest absolute Gasteiger partial charge is 0.497 e. The number of ether oxygens (including phenoxy) is 2. The van der Waals surface area contributed by atoms with Crippen LogP contribution in [0.15, 0.2) is 36.4 Å². The second-order valence-corrected chi connectivity index (χ2v) is 6.02. The van der Waals surface area contributed by atoms with E-state index in [1.807, 2.05) is 32.0 Å². The van der Waals surface area contributed by atoms with Crippen LogP contribution in [-0.4, -0.2) is 30.4 Å². The average molecular weight is 339 g/mol. The number of fused-ring (bicyclic) bond motifs is 1. The summed E-state index contributed by atoms with van der Waals surface area (Å²) < 4.78 is 10.9. The minimum Gasteiger partial charge on any atom is -0.497 e. The molecule has 0 saturated heterocycles. The third-order valence-corrected chi connectivity index (χ3v) is 4.30. The van der Waals surface area contributed by atoms with Gasteiger partial charge in [0.05, 0.1) is 31.4 Å². The fourth-order valence-electron chi connectivity index (χ4n) is 2.92. The number of carbonyl (C=O) groups is 2. The van der Waals surface area contributed by atoms with Crippen molar-refractivity contribution in [3.63, 3.8) is 0 Å². The summed E-state index contributed by atoms with van der Waals surface area (Å²) in [6.07, 6.45) is 0.834. The highest BCUT2D eigenvalue weighted by molar-refractivity contribution is 6.22. The van der Waals surface area contributed by atoms with Crippen molar-refractivity contribution in [2.75, 3.05) is 13.7 Å². The quantitative estimate of drug-likeness (QED) is 0.755. The summed E-state index contributed by atoms with van der Waals surface area (Å²) >= 11 is 0. The van der Waals surface area contributed by atoms with Crippen molar-refractivity contribution in [2.45, 2.75) is 26.8 Å². The van der Waals surface area contributed by atoms with Gasteiger partial charge in [-0.3, -0.25) is 14.5 Å². The summed E-state index contributed by atoms with van der Waals surface area (Å²) in [6, 6.07) is 10.8. The molecular weight excluding hydrogens is 318 g/mol. The molecule has 25 heavy (non-hydrogen) atoms. The van der Waals surface area contributed by atoms with Gasteiger partial charge in [-0.05, 0) is 48.7 Å². The lowest BCUT2D eigenvalue weighted by molar-refractivity contribution is 0.0641. The maximum absolute atomic E-state index is 12.8. The summed E-state index contributed by atoms with van der Waals surface area (Å²) in [6.45, 7) is 4.67. The molecule has 0 fully saturated rings. The molecule has 2 amide bonds. The molecule has 0 spiro atoms. The molecule has 1 heterocycles. The third kappa shape index (κ3) is 3.09. The van der Waals surface area contributed by atoms with Crippen molar-refractivity contribution in [2.24, 2.45) is 0 Å². The normalized spacial score (nSPS) is 13.2. The van der Waals surface area contributed by atoms with Crippen molar-refractivity contribution < 1.29 is 19.1 Å². The minimum atomic E-state index is -0.304. The summed E-state index contributed by atoms with van der Waals surface area (Å²) in [5.74, 6) is 0.643. The predicted octanol–water partition coefficient (Wildman–Crippen LogP) is 3.59. The Morgan fingerprint density at radius 2 is 1.88 bits per heavy atom. The first-order valence-electron chi connectivity index (χ1n) is 8.32. The highest BCUT2D eigenvalue weighted by atomic mass is 16.5. The van der Waals surface area contributed by atoms with Gasteiger partial charge in [-0.15, -0.1) is 0 Å². The molecule has 0 saturated carbocycles. The van der Waals surface area contributed by atoms with E-state index in [1.165, 1.54) is 4.90 Å². The van der Waals surface area contributed by atoms with E-state index in [1.54, 1.807) is 25.3 Å². The molecule has 3 rings (SSSR count). The Balaban J connectivity index is 1.90. The monoisotopic (exact) mass is 339 g/mol. The number of aryl methyl sites for hydroxylation is 1. The van der Waals surface area contributed by atoms with Gasteiger partial charge >= 0.3 is 0 Å². The predicted molar refractivity (Wildman–Crippen MR) is 94.2 cm³/mol. The van der Waals surface area contributed by atoms with E-state index in [0.29, 0.717) is 23.5 Å². The van der Waals surface area contributed by atoms with Crippen molar-refractivity contribution in [3.05, 3.63) is 58.7 Å². The van der Waals surface area contributed by atoms with Crippen molar-refractivity contribution in [1.82, 2.24) is 4.90 Å². The van der Waals surface area contributed by atoms with Gasteiger partial charge in [0, 0.05) is 0 Å². The molecule has 0 atom stereocenters. The first kappa shape index (κ1) is 17.0. The van der Waals surface area contributed by atoms with Crippen LogP contribution in [-0.2, 0) is 6.54 Å². The number of imide groups is 1. The van der Waals surface area contributed by atoms with Gasteiger partial charge in [-0.1, -0.05) is 19.1 Å². The zero-order valence-electron chi connectivity index (χ0n) is 14.7. The van der Waals surface area contributed by atoms with Crippen molar-refractivity contribution >= 4 is 11.8 Å². The number of carbonyl (C=O) groups excluding carboxylic acids is 2. The van der Waals surface area contributed by atoms with Crippen LogP contribution >= 0.6 is 0 Å². The molecule has 0 unspecified atom stereocenters. The first-order chi connectivity index (χ1) is 12.1. The number of hydrogen-bond donors (Lipinski definition) is 0. The maximum Gasteiger partial charge on any atom is 0.265 e. The summed E-state index contributed by atoms with van der Waals surface area (Å²) in [5.41, 5.74) is 2.65. The lowest BCUT2D eigenvalue weighted by atomic mass is 10.1. The van der Waals surface area contributed by atoms with Crippen LogP contribution < -0.4 is 9.47 Å². The molecule has 0 bridgehead atoms. The molecule has 0 aliphatic carbocycles. The fourth-order valence-corrected chi connectivity index (χ4v) is 2.92. The second kappa shape index (κ2) is 6.97. The third-order valence-electron chi connectivity index (χ3n) is 4.30. The molecule has 2 aromatic carbocycles. The molecule has 0 aromatic heterocycles. The van der Waals surface area contributed by atoms with Gasteiger partial charge < -0.3 is 9.47 Å². The maximum atomic E-state index is 12.8. The van der Waals surface area contributed by atoms with E-state index in [4.69, 9.17) is 9.47 Å². The van der Waals surface area contributed by atoms with Crippen LogP contribution in [0.3, 0.4) is 0 Å². The Hall–Kier alpha value is -2.82. The molecule has 5 nitrogen and oxygen atoms in total. The number of hydrogen-bond acceptors (Lipinski definition) is 4. The van der Waals surface area contributed by atoms with Crippen LogP contribution in [0.25, 0.3) is 0 Å². The average Bonchev–Trinajstić information content (AvgIpc) is 2.86. The van der Waals surface area contributed by atoms with E-state index in [-0.39, 0.29) is 18.4 Å².